The Balaban J connectivity index is 1.66. The SMILES string of the molecule is CCC1(CC)CCN(Cc2cccc3c2CCNC3)CC1. The molecule has 116 valence electrons. The largest absolute Gasteiger partial charge is 0.312 e. The van der Waals surface area contributed by atoms with Gasteiger partial charge < -0.3 is 5.32 Å². The molecule has 3 rings (SSSR count). The maximum atomic E-state index is 3.48. The molecule has 0 spiro atoms. The van der Waals surface area contributed by atoms with Crippen LogP contribution in [0, 0.1) is 5.41 Å². The van der Waals surface area contributed by atoms with E-state index in [9.17, 15) is 0 Å². The minimum atomic E-state index is 0.635. The van der Waals surface area contributed by atoms with Crippen molar-refractivity contribution in [1.82, 2.24) is 10.2 Å². The van der Waals surface area contributed by atoms with Gasteiger partial charge >= 0.3 is 0 Å². The molecule has 0 atom stereocenters. The van der Waals surface area contributed by atoms with Crippen LogP contribution < -0.4 is 5.32 Å². The van der Waals surface area contributed by atoms with Crippen molar-refractivity contribution in [2.45, 2.75) is 59.0 Å². The van der Waals surface area contributed by atoms with Gasteiger partial charge in [0.25, 0.3) is 0 Å². The standard InChI is InChI=1S/C19H30N2/c1-3-19(4-2)9-12-21(13-10-19)15-17-7-5-6-16-14-20-11-8-18(16)17/h5-7,20H,3-4,8-15H2,1-2H3. The van der Waals surface area contributed by atoms with E-state index in [1.807, 2.05) is 0 Å². The molecule has 2 heteroatoms. The summed E-state index contributed by atoms with van der Waals surface area (Å²) in [5.74, 6) is 0. The number of nitrogens with one attached hydrogen (secondary N) is 1. The third-order valence-corrected chi connectivity index (χ3v) is 6.05. The van der Waals surface area contributed by atoms with E-state index >= 15 is 0 Å². The van der Waals surface area contributed by atoms with Crippen molar-refractivity contribution in [3.63, 3.8) is 0 Å². The third kappa shape index (κ3) is 3.17. The van der Waals surface area contributed by atoms with Crippen molar-refractivity contribution in [2.75, 3.05) is 19.6 Å². The highest BCUT2D eigenvalue weighted by atomic mass is 15.1. The van der Waals surface area contributed by atoms with Crippen molar-refractivity contribution in [3.8, 4) is 0 Å². The van der Waals surface area contributed by atoms with Crippen molar-refractivity contribution >= 4 is 0 Å². The number of likely N-dealkylation sites (tertiary alicyclic amines) is 1. The molecule has 0 unspecified atom stereocenters. The molecule has 0 aliphatic carbocycles. The normalized spacial score (nSPS) is 22.0. The first kappa shape index (κ1) is 15.1. The first-order chi connectivity index (χ1) is 10.3. The van der Waals surface area contributed by atoms with E-state index in [1.165, 1.54) is 50.8 Å². The Morgan fingerprint density at radius 2 is 1.90 bits per heavy atom. The molecule has 2 heterocycles. The van der Waals surface area contributed by atoms with E-state index in [0.717, 1.165) is 19.6 Å². The van der Waals surface area contributed by atoms with Crippen molar-refractivity contribution in [2.24, 2.45) is 5.41 Å². The van der Waals surface area contributed by atoms with Gasteiger partial charge in [-0.1, -0.05) is 44.9 Å². The van der Waals surface area contributed by atoms with Crippen LogP contribution in [0.4, 0.5) is 0 Å². The molecule has 0 bridgehead atoms. The van der Waals surface area contributed by atoms with E-state index in [2.05, 4.69) is 42.3 Å². The monoisotopic (exact) mass is 286 g/mol. The highest BCUT2D eigenvalue weighted by molar-refractivity contribution is 5.37. The van der Waals surface area contributed by atoms with Crippen LogP contribution in [0.25, 0.3) is 0 Å². The lowest BCUT2D eigenvalue weighted by Gasteiger charge is -2.41. The van der Waals surface area contributed by atoms with Crippen molar-refractivity contribution in [1.29, 1.82) is 0 Å². The summed E-state index contributed by atoms with van der Waals surface area (Å²) in [5.41, 5.74) is 5.36. The molecule has 1 N–H and O–H groups in total. The average molecular weight is 286 g/mol. The summed E-state index contributed by atoms with van der Waals surface area (Å²) in [7, 11) is 0. The van der Waals surface area contributed by atoms with E-state index < -0.39 is 0 Å². The first-order valence-corrected chi connectivity index (χ1v) is 8.79. The summed E-state index contributed by atoms with van der Waals surface area (Å²) in [6.45, 7) is 10.7. The lowest BCUT2D eigenvalue weighted by Crippen LogP contribution is -2.39. The summed E-state index contributed by atoms with van der Waals surface area (Å²) < 4.78 is 0. The summed E-state index contributed by atoms with van der Waals surface area (Å²) in [6.07, 6.45) is 6.67. The second-order valence-corrected chi connectivity index (χ2v) is 6.96. The van der Waals surface area contributed by atoms with Crippen LogP contribution in [-0.4, -0.2) is 24.5 Å². The summed E-state index contributed by atoms with van der Waals surface area (Å²) in [6, 6.07) is 6.89. The average Bonchev–Trinajstić information content (AvgIpc) is 2.56. The minimum Gasteiger partial charge on any atom is -0.312 e. The molecule has 2 nitrogen and oxygen atoms in total. The molecule has 2 aliphatic heterocycles. The third-order valence-electron chi connectivity index (χ3n) is 6.05. The van der Waals surface area contributed by atoms with Crippen LogP contribution in [0.1, 0.15) is 56.2 Å². The number of hydrogen-bond donors (Lipinski definition) is 1. The van der Waals surface area contributed by atoms with Crippen LogP contribution in [-0.2, 0) is 19.5 Å². The van der Waals surface area contributed by atoms with Gasteiger partial charge in [0.05, 0.1) is 0 Å². The Kier molecular flexibility index (Phi) is 4.66. The predicted molar refractivity (Wildman–Crippen MR) is 89.4 cm³/mol. The zero-order valence-electron chi connectivity index (χ0n) is 13.8. The van der Waals surface area contributed by atoms with Gasteiger partial charge in [0.2, 0.25) is 0 Å². The zero-order chi connectivity index (χ0) is 14.7. The van der Waals surface area contributed by atoms with Gasteiger partial charge in [-0.25, -0.2) is 0 Å². The number of benzene rings is 1. The lowest BCUT2D eigenvalue weighted by atomic mass is 9.74. The van der Waals surface area contributed by atoms with Gasteiger partial charge in [-0.05, 0) is 61.0 Å². The first-order valence-electron chi connectivity index (χ1n) is 8.79. The van der Waals surface area contributed by atoms with Gasteiger partial charge in [0.1, 0.15) is 0 Å². The topological polar surface area (TPSA) is 15.3 Å². The summed E-state index contributed by atoms with van der Waals surface area (Å²) in [4.78, 5) is 2.68. The van der Waals surface area contributed by atoms with Gasteiger partial charge in [-0.2, -0.15) is 0 Å². The lowest BCUT2D eigenvalue weighted by molar-refractivity contribution is 0.0907. The number of piperidine rings is 1. The van der Waals surface area contributed by atoms with Gasteiger partial charge in [0.15, 0.2) is 0 Å². The zero-order valence-corrected chi connectivity index (χ0v) is 13.8. The molecule has 1 fully saturated rings. The molecule has 0 saturated carbocycles. The summed E-state index contributed by atoms with van der Waals surface area (Å²) >= 11 is 0. The molecule has 1 aromatic carbocycles. The highest BCUT2D eigenvalue weighted by Crippen LogP contribution is 2.38. The number of hydrogen-bond acceptors (Lipinski definition) is 2. The molecule has 1 saturated heterocycles. The van der Waals surface area contributed by atoms with Crippen LogP contribution >= 0.6 is 0 Å². The minimum absolute atomic E-state index is 0.635. The Morgan fingerprint density at radius 1 is 1.14 bits per heavy atom. The molecular formula is C19H30N2. The molecule has 0 radical (unpaired) electrons. The van der Waals surface area contributed by atoms with E-state index in [-0.39, 0.29) is 0 Å². The number of rotatable bonds is 4. The second-order valence-electron chi connectivity index (χ2n) is 6.96. The number of nitrogens with zero attached hydrogens (tertiary/aromatic N) is 1. The van der Waals surface area contributed by atoms with Gasteiger partial charge in [0, 0.05) is 13.1 Å². The molecule has 1 aromatic rings. The molecular weight excluding hydrogens is 256 g/mol. The Morgan fingerprint density at radius 3 is 2.62 bits per heavy atom. The fourth-order valence-electron chi connectivity index (χ4n) is 4.14. The molecule has 0 aromatic heterocycles. The molecule has 0 amide bonds. The van der Waals surface area contributed by atoms with E-state index in [4.69, 9.17) is 0 Å². The summed E-state index contributed by atoms with van der Waals surface area (Å²) in [5, 5.41) is 3.48. The van der Waals surface area contributed by atoms with Crippen molar-refractivity contribution in [3.05, 3.63) is 34.9 Å². The van der Waals surface area contributed by atoms with Crippen LogP contribution in [0.15, 0.2) is 18.2 Å². The smallest absolute Gasteiger partial charge is 0.0236 e. The fourth-order valence-corrected chi connectivity index (χ4v) is 4.14. The van der Waals surface area contributed by atoms with Crippen LogP contribution in [0.2, 0.25) is 0 Å². The van der Waals surface area contributed by atoms with Crippen LogP contribution in [0.5, 0.6) is 0 Å². The highest BCUT2D eigenvalue weighted by Gasteiger charge is 2.31. The van der Waals surface area contributed by atoms with E-state index in [1.54, 1.807) is 11.1 Å². The number of fused-ring (bicyclic) bond motifs is 1. The predicted octanol–water partition coefficient (Wildman–Crippen LogP) is 3.73. The quantitative estimate of drug-likeness (QED) is 0.907. The Hall–Kier alpha value is -0.860. The molecule has 2 aliphatic rings. The second kappa shape index (κ2) is 6.50. The maximum Gasteiger partial charge on any atom is 0.0236 e. The Bertz CT molecular complexity index is 466. The fraction of sp³-hybridized carbons (Fsp3) is 0.684. The van der Waals surface area contributed by atoms with Crippen LogP contribution in [0.3, 0.4) is 0 Å². The van der Waals surface area contributed by atoms with Gasteiger partial charge in [-0.15, -0.1) is 0 Å². The Labute approximate surface area is 129 Å². The van der Waals surface area contributed by atoms with Crippen molar-refractivity contribution < 1.29 is 0 Å². The van der Waals surface area contributed by atoms with E-state index in [0.29, 0.717) is 5.41 Å². The maximum absolute atomic E-state index is 3.48. The molecule has 21 heavy (non-hydrogen) atoms. The van der Waals surface area contributed by atoms with Gasteiger partial charge in [-0.3, -0.25) is 4.90 Å².